The number of aliphatic carboxylic acids is 1. The van der Waals surface area contributed by atoms with Gasteiger partial charge in [-0.1, -0.05) is 103 Å². The first kappa shape index (κ1) is 21.7. The Labute approximate surface area is 198 Å². The summed E-state index contributed by atoms with van der Waals surface area (Å²) in [5.41, 5.74) is 3.64. The number of benzene rings is 4. The van der Waals surface area contributed by atoms with Crippen molar-refractivity contribution in [2.24, 2.45) is 11.8 Å². The molecule has 5 rings (SSSR count). The van der Waals surface area contributed by atoms with Crippen molar-refractivity contribution >= 4 is 11.9 Å². The average molecular weight is 449 g/mol. The maximum absolute atomic E-state index is 13.6. The van der Waals surface area contributed by atoms with E-state index in [1.807, 2.05) is 109 Å². The number of hydrogen-bond acceptors (Lipinski definition) is 3. The van der Waals surface area contributed by atoms with Crippen LogP contribution in [-0.4, -0.2) is 17.0 Å². The lowest BCUT2D eigenvalue weighted by molar-refractivity contribution is -0.158. The van der Waals surface area contributed by atoms with Gasteiger partial charge in [0, 0.05) is 11.8 Å². The van der Waals surface area contributed by atoms with E-state index in [0.717, 1.165) is 22.3 Å². The first-order chi connectivity index (χ1) is 16.6. The Morgan fingerprint density at radius 1 is 0.588 bits per heavy atom. The predicted octanol–water partition coefficient (Wildman–Crippen LogP) is 6.16. The summed E-state index contributed by atoms with van der Waals surface area (Å²) >= 11 is 0. The third kappa shape index (κ3) is 4.11. The molecule has 168 valence electrons. The van der Waals surface area contributed by atoms with E-state index in [0.29, 0.717) is 5.75 Å². The van der Waals surface area contributed by atoms with Gasteiger partial charge in [-0.25, -0.2) is 0 Å². The van der Waals surface area contributed by atoms with Crippen LogP contribution in [0, 0.1) is 11.8 Å². The van der Waals surface area contributed by atoms with Crippen LogP contribution >= 0.6 is 0 Å². The standard InChI is InChI=1S/C30H24O4/c31-29(32)27-25(21-13-6-2-7-14-21)28(26(27)22-15-8-3-9-16-22)30(33)34-24-18-10-17-23(19-24)20-11-4-1-5-12-20/h1-19,25-28H,(H,31,32)/t25-,26+,27-,28+. The van der Waals surface area contributed by atoms with E-state index >= 15 is 0 Å². The van der Waals surface area contributed by atoms with Crippen LogP contribution < -0.4 is 4.74 Å². The first-order valence-electron chi connectivity index (χ1n) is 11.3. The van der Waals surface area contributed by atoms with E-state index in [2.05, 4.69) is 0 Å². The molecule has 0 amide bonds. The van der Waals surface area contributed by atoms with Crippen LogP contribution in [0.5, 0.6) is 5.75 Å². The summed E-state index contributed by atoms with van der Waals surface area (Å²) in [7, 11) is 0. The SMILES string of the molecule is O=C(O)[C@@H]1[C@@H](c2ccccc2)[C@H](C(=O)Oc2cccc(-c3ccccc3)c2)[C@H]1c1ccccc1. The second-order valence-electron chi connectivity index (χ2n) is 8.58. The van der Waals surface area contributed by atoms with E-state index in [1.165, 1.54) is 0 Å². The zero-order valence-electron chi connectivity index (χ0n) is 18.5. The largest absolute Gasteiger partial charge is 0.481 e. The van der Waals surface area contributed by atoms with E-state index in [1.54, 1.807) is 6.07 Å². The fourth-order valence-corrected chi connectivity index (χ4v) is 5.08. The average Bonchev–Trinajstić information content (AvgIpc) is 2.85. The van der Waals surface area contributed by atoms with E-state index < -0.39 is 35.6 Å². The second-order valence-corrected chi connectivity index (χ2v) is 8.58. The molecule has 1 aliphatic rings. The molecule has 1 N–H and O–H groups in total. The number of carbonyl (C=O) groups is 2. The number of carboxylic acids is 1. The van der Waals surface area contributed by atoms with Crippen molar-refractivity contribution in [2.45, 2.75) is 11.8 Å². The molecule has 0 radical (unpaired) electrons. The first-order valence-corrected chi connectivity index (χ1v) is 11.3. The minimum atomic E-state index is -0.905. The summed E-state index contributed by atoms with van der Waals surface area (Å²) in [4.78, 5) is 25.9. The smallest absolute Gasteiger partial charge is 0.315 e. The molecule has 0 bridgehead atoms. The van der Waals surface area contributed by atoms with Crippen molar-refractivity contribution in [3.63, 3.8) is 0 Å². The van der Waals surface area contributed by atoms with Crippen LogP contribution in [0.25, 0.3) is 11.1 Å². The Balaban J connectivity index is 1.49. The van der Waals surface area contributed by atoms with Crippen LogP contribution in [0.3, 0.4) is 0 Å². The van der Waals surface area contributed by atoms with Gasteiger partial charge < -0.3 is 9.84 Å². The Morgan fingerprint density at radius 3 is 1.62 bits per heavy atom. The molecule has 4 atom stereocenters. The highest BCUT2D eigenvalue weighted by atomic mass is 16.5. The maximum Gasteiger partial charge on any atom is 0.315 e. The summed E-state index contributed by atoms with van der Waals surface area (Å²) < 4.78 is 5.88. The van der Waals surface area contributed by atoms with Gasteiger partial charge in [-0.3, -0.25) is 9.59 Å². The number of rotatable bonds is 6. The maximum atomic E-state index is 13.6. The molecule has 4 nitrogen and oxygen atoms in total. The normalized spacial score (nSPS) is 21.3. The topological polar surface area (TPSA) is 63.6 Å². The number of esters is 1. The highest BCUT2D eigenvalue weighted by molar-refractivity contribution is 5.86. The van der Waals surface area contributed by atoms with Gasteiger partial charge in [0.05, 0.1) is 11.8 Å². The fraction of sp³-hybridized carbons (Fsp3) is 0.133. The summed E-state index contributed by atoms with van der Waals surface area (Å²) in [5, 5.41) is 10.1. The Morgan fingerprint density at radius 2 is 1.09 bits per heavy atom. The molecule has 0 saturated heterocycles. The summed E-state index contributed by atoms with van der Waals surface area (Å²) in [6, 6.07) is 36.1. The van der Waals surface area contributed by atoms with Gasteiger partial charge in [-0.05, 0) is 34.4 Å². The van der Waals surface area contributed by atoms with Crippen molar-refractivity contribution in [3.05, 3.63) is 126 Å². The van der Waals surface area contributed by atoms with E-state index in [9.17, 15) is 14.7 Å². The fourth-order valence-electron chi connectivity index (χ4n) is 5.08. The summed E-state index contributed by atoms with van der Waals surface area (Å²) in [6.07, 6.45) is 0. The van der Waals surface area contributed by atoms with Crippen molar-refractivity contribution in [2.75, 3.05) is 0 Å². The minimum absolute atomic E-state index is 0.412. The Bertz CT molecular complexity index is 1240. The lowest BCUT2D eigenvalue weighted by atomic mass is 9.52. The third-order valence-electron chi connectivity index (χ3n) is 6.63. The van der Waals surface area contributed by atoms with Gasteiger partial charge in [-0.2, -0.15) is 0 Å². The van der Waals surface area contributed by atoms with Gasteiger partial charge in [0.1, 0.15) is 5.75 Å². The van der Waals surface area contributed by atoms with Crippen LogP contribution in [0.15, 0.2) is 115 Å². The van der Waals surface area contributed by atoms with Gasteiger partial charge in [0.25, 0.3) is 0 Å². The van der Waals surface area contributed by atoms with Gasteiger partial charge in [0.15, 0.2) is 0 Å². The Hall–Kier alpha value is -4.18. The number of carboxylic acid groups (broad SMARTS) is 1. The third-order valence-corrected chi connectivity index (χ3v) is 6.63. The molecule has 0 aromatic heterocycles. The molecule has 4 aromatic rings. The molecular formula is C30H24O4. The minimum Gasteiger partial charge on any atom is -0.481 e. The van der Waals surface area contributed by atoms with Crippen LogP contribution in [0.1, 0.15) is 23.0 Å². The number of hydrogen-bond donors (Lipinski definition) is 1. The molecule has 0 unspecified atom stereocenters. The summed E-state index contributed by atoms with van der Waals surface area (Å²) in [6.45, 7) is 0. The zero-order valence-corrected chi connectivity index (χ0v) is 18.5. The highest BCUT2D eigenvalue weighted by Gasteiger charge is 2.59. The number of carbonyl (C=O) groups excluding carboxylic acids is 1. The molecular weight excluding hydrogens is 424 g/mol. The van der Waals surface area contributed by atoms with Gasteiger partial charge in [-0.15, -0.1) is 0 Å². The monoisotopic (exact) mass is 448 g/mol. The molecule has 0 heterocycles. The van der Waals surface area contributed by atoms with E-state index in [-0.39, 0.29) is 0 Å². The van der Waals surface area contributed by atoms with Crippen LogP contribution in [0.4, 0.5) is 0 Å². The molecule has 0 spiro atoms. The molecule has 4 aromatic carbocycles. The molecule has 1 aliphatic carbocycles. The molecule has 0 aliphatic heterocycles. The molecule has 1 saturated carbocycles. The highest BCUT2D eigenvalue weighted by Crippen LogP contribution is 2.58. The molecule has 4 heteroatoms. The van der Waals surface area contributed by atoms with Crippen molar-refractivity contribution < 1.29 is 19.4 Å². The predicted molar refractivity (Wildman–Crippen MR) is 130 cm³/mol. The second kappa shape index (κ2) is 9.36. The number of ether oxygens (including phenoxy) is 1. The zero-order chi connectivity index (χ0) is 23.5. The lowest BCUT2D eigenvalue weighted by Gasteiger charge is -2.48. The lowest BCUT2D eigenvalue weighted by Crippen LogP contribution is -2.52. The van der Waals surface area contributed by atoms with E-state index in [4.69, 9.17) is 4.74 Å². The quantitative estimate of drug-likeness (QED) is 0.284. The van der Waals surface area contributed by atoms with Gasteiger partial charge >= 0.3 is 11.9 Å². The van der Waals surface area contributed by atoms with Crippen molar-refractivity contribution in [1.29, 1.82) is 0 Å². The molecule has 34 heavy (non-hydrogen) atoms. The molecule has 1 fully saturated rings. The Kier molecular flexibility index (Phi) is 5.96. The van der Waals surface area contributed by atoms with Crippen molar-refractivity contribution in [3.8, 4) is 16.9 Å². The van der Waals surface area contributed by atoms with Gasteiger partial charge in [0.2, 0.25) is 0 Å². The van der Waals surface area contributed by atoms with Crippen molar-refractivity contribution in [1.82, 2.24) is 0 Å². The van der Waals surface area contributed by atoms with Crippen LogP contribution in [0.2, 0.25) is 0 Å². The summed E-state index contributed by atoms with van der Waals surface area (Å²) in [5.74, 6) is -3.11. The van der Waals surface area contributed by atoms with Crippen LogP contribution in [-0.2, 0) is 9.59 Å².